The first-order chi connectivity index (χ1) is 8.72. The zero-order valence-corrected chi connectivity index (χ0v) is 9.97. The van der Waals surface area contributed by atoms with Crippen molar-refractivity contribution in [3.05, 3.63) is 48.0 Å². The lowest BCUT2D eigenvalue weighted by atomic mass is 10.2. The normalized spacial score (nSPS) is 10.7. The number of para-hydroxylation sites is 1. The first-order valence-electron chi connectivity index (χ1n) is 5.71. The van der Waals surface area contributed by atoms with E-state index in [2.05, 4.69) is 10.3 Å². The van der Waals surface area contributed by atoms with Gasteiger partial charge >= 0.3 is 0 Å². The Labute approximate surface area is 104 Å². The molecule has 3 rings (SSSR count). The second kappa shape index (κ2) is 4.07. The lowest BCUT2D eigenvalue weighted by Crippen LogP contribution is -1.92. The molecule has 4 heteroatoms. The Kier molecular flexibility index (Phi) is 2.41. The van der Waals surface area contributed by atoms with Crippen molar-refractivity contribution in [1.82, 2.24) is 4.98 Å². The van der Waals surface area contributed by atoms with Gasteiger partial charge in [0.15, 0.2) is 5.58 Å². The second-order valence-electron chi connectivity index (χ2n) is 4.19. The molecule has 0 fully saturated rings. The molecule has 0 radical (unpaired) electrons. The van der Waals surface area contributed by atoms with E-state index in [1.807, 2.05) is 37.3 Å². The minimum atomic E-state index is 0.477. The molecule has 1 heterocycles. The van der Waals surface area contributed by atoms with Crippen molar-refractivity contribution in [3.8, 4) is 0 Å². The highest BCUT2D eigenvalue weighted by molar-refractivity contribution is 5.78. The van der Waals surface area contributed by atoms with E-state index >= 15 is 0 Å². The Bertz CT molecular complexity index is 703. The number of nitrogen functional groups attached to an aromatic ring is 1. The van der Waals surface area contributed by atoms with Crippen LogP contribution in [0.3, 0.4) is 0 Å². The fourth-order valence-electron chi connectivity index (χ4n) is 1.83. The molecule has 0 aliphatic rings. The van der Waals surface area contributed by atoms with Gasteiger partial charge in [-0.15, -0.1) is 0 Å². The molecule has 0 saturated carbocycles. The van der Waals surface area contributed by atoms with Gasteiger partial charge < -0.3 is 15.5 Å². The summed E-state index contributed by atoms with van der Waals surface area (Å²) in [5, 5.41) is 3.16. The lowest BCUT2D eigenvalue weighted by Gasteiger charge is -2.04. The van der Waals surface area contributed by atoms with Gasteiger partial charge in [0.2, 0.25) is 0 Å². The third kappa shape index (κ3) is 1.88. The van der Waals surface area contributed by atoms with Crippen LogP contribution in [0.2, 0.25) is 0 Å². The number of benzene rings is 2. The van der Waals surface area contributed by atoms with Crippen LogP contribution >= 0.6 is 0 Å². The number of aromatic nitrogens is 1. The number of nitrogens with two attached hydrogens (primary N) is 1. The van der Waals surface area contributed by atoms with Crippen molar-refractivity contribution < 1.29 is 4.42 Å². The van der Waals surface area contributed by atoms with Crippen LogP contribution < -0.4 is 11.1 Å². The lowest BCUT2D eigenvalue weighted by molar-refractivity contribution is 0.623. The van der Waals surface area contributed by atoms with Gasteiger partial charge in [0.1, 0.15) is 5.52 Å². The summed E-state index contributed by atoms with van der Waals surface area (Å²) in [6, 6.07) is 13.9. The molecule has 2 aromatic carbocycles. The predicted octanol–water partition coefficient (Wildman–Crippen LogP) is 3.46. The molecule has 0 aliphatic heterocycles. The molecule has 3 aromatic rings. The van der Waals surface area contributed by atoms with Gasteiger partial charge in [-0.3, -0.25) is 0 Å². The molecule has 0 bridgehead atoms. The van der Waals surface area contributed by atoms with E-state index in [1.165, 1.54) is 0 Å². The van der Waals surface area contributed by atoms with Crippen LogP contribution in [0.4, 0.5) is 17.4 Å². The third-order valence-corrected chi connectivity index (χ3v) is 2.80. The third-order valence-electron chi connectivity index (χ3n) is 2.80. The number of oxazole rings is 1. The van der Waals surface area contributed by atoms with Crippen molar-refractivity contribution in [3.63, 3.8) is 0 Å². The highest BCUT2D eigenvalue weighted by Crippen LogP contribution is 2.24. The van der Waals surface area contributed by atoms with Crippen molar-refractivity contribution in [1.29, 1.82) is 0 Å². The molecule has 90 valence electrons. The van der Waals surface area contributed by atoms with Crippen LogP contribution in [0.25, 0.3) is 11.1 Å². The van der Waals surface area contributed by atoms with Gasteiger partial charge in [-0.2, -0.15) is 4.98 Å². The maximum atomic E-state index is 5.71. The van der Waals surface area contributed by atoms with Gasteiger partial charge in [-0.1, -0.05) is 18.2 Å². The van der Waals surface area contributed by atoms with E-state index < -0.39 is 0 Å². The monoisotopic (exact) mass is 239 g/mol. The van der Waals surface area contributed by atoms with Crippen molar-refractivity contribution in [2.45, 2.75) is 6.92 Å². The van der Waals surface area contributed by atoms with Crippen LogP contribution in [0.1, 0.15) is 5.56 Å². The van der Waals surface area contributed by atoms with Gasteiger partial charge in [0.25, 0.3) is 6.01 Å². The summed E-state index contributed by atoms with van der Waals surface area (Å²) >= 11 is 0. The Morgan fingerprint density at radius 1 is 1.17 bits per heavy atom. The van der Waals surface area contributed by atoms with Crippen molar-refractivity contribution in [2.24, 2.45) is 0 Å². The molecule has 18 heavy (non-hydrogen) atoms. The maximum absolute atomic E-state index is 5.71. The topological polar surface area (TPSA) is 64.1 Å². The van der Waals surface area contributed by atoms with Crippen LogP contribution in [-0.4, -0.2) is 4.98 Å². The summed E-state index contributed by atoms with van der Waals surface area (Å²) in [6.45, 7) is 2.03. The smallest absolute Gasteiger partial charge is 0.300 e. The van der Waals surface area contributed by atoms with Gasteiger partial charge in [0, 0.05) is 11.4 Å². The van der Waals surface area contributed by atoms with Crippen LogP contribution in [0.15, 0.2) is 46.9 Å². The zero-order valence-electron chi connectivity index (χ0n) is 9.97. The fourth-order valence-corrected chi connectivity index (χ4v) is 1.83. The second-order valence-corrected chi connectivity index (χ2v) is 4.19. The molecule has 1 aromatic heterocycles. The highest BCUT2D eigenvalue weighted by atomic mass is 16.4. The maximum Gasteiger partial charge on any atom is 0.300 e. The first-order valence-corrected chi connectivity index (χ1v) is 5.71. The van der Waals surface area contributed by atoms with Crippen molar-refractivity contribution in [2.75, 3.05) is 11.1 Å². The van der Waals surface area contributed by atoms with E-state index in [0.717, 1.165) is 22.4 Å². The number of nitrogens with one attached hydrogen (secondary N) is 1. The minimum absolute atomic E-state index is 0.477. The molecule has 0 spiro atoms. The highest BCUT2D eigenvalue weighted by Gasteiger charge is 2.06. The number of hydrogen-bond donors (Lipinski definition) is 2. The fraction of sp³-hybridized carbons (Fsp3) is 0.0714. The van der Waals surface area contributed by atoms with E-state index in [0.29, 0.717) is 11.7 Å². The van der Waals surface area contributed by atoms with Crippen LogP contribution in [-0.2, 0) is 0 Å². The molecule has 0 aliphatic carbocycles. The number of nitrogens with zero attached hydrogens (tertiary/aromatic N) is 1. The molecular formula is C14H13N3O. The van der Waals surface area contributed by atoms with Gasteiger partial charge in [-0.25, -0.2) is 0 Å². The van der Waals surface area contributed by atoms with Crippen LogP contribution in [0.5, 0.6) is 0 Å². The molecule has 4 nitrogen and oxygen atoms in total. The number of aryl methyl sites for hydroxylation is 1. The molecule has 0 unspecified atom stereocenters. The number of hydrogen-bond acceptors (Lipinski definition) is 4. The first kappa shape index (κ1) is 10.7. The Balaban J connectivity index is 1.98. The Hall–Kier alpha value is -2.49. The quantitative estimate of drug-likeness (QED) is 0.672. The molecule has 0 saturated heterocycles. The van der Waals surface area contributed by atoms with Gasteiger partial charge in [0.05, 0.1) is 0 Å². The summed E-state index contributed by atoms with van der Waals surface area (Å²) in [5.41, 5.74) is 9.99. The summed E-state index contributed by atoms with van der Waals surface area (Å²) in [4.78, 5) is 4.35. The Morgan fingerprint density at radius 2 is 2.00 bits per heavy atom. The van der Waals surface area contributed by atoms with Crippen LogP contribution in [0, 0.1) is 6.92 Å². The van der Waals surface area contributed by atoms with E-state index in [9.17, 15) is 0 Å². The van der Waals surface area contributed by atoms with E-state index in [1.54, 1.807) is 12.1 Å². The number of rotatable bonds is 2. The summed E-state index contributed by atoms with van der Waals surface area (Å²) < 4.78 is 5.60. The van der Waals surface area contributed by atoms with E-state index in [4.69, 9.17) is 10.2 Å². The Morgan fingerprint density at radius 3 is 2.83 bits per heavy atom. The molecule has 3 N–H and O–H groups in total. The average molecular weight is 239 g/mol. The zero-order chi connectivity index (χ0) is 12.5. The summed E-state index contributed by atoms with van der Waals surface area (Å²) in [6.07, 6.45) is 0. The number of anilines is 3. The molecule has 0 amide bonds. The van der Waals surface area contributed by atoms with Gasteiger partial charge in [-0.05, 0) is 36.8 Å². The standard InChI is InChI=1S/C14H13N3O/c1-9-4-2-3-5-11(9)16-14-17-12-8-10(15)6-7-13(12)18-14/h2-8H,15H2,1H3,(H,16,17). The van der Waals surface area contributed by atoms with E-state index in [-0.39, 0.29) is 0 Å². The number of fused-ring (bicyclic) bond motifs is 1. The summed E-state index contributed by atoms with van der Waals surface area (Å²) in [5.74, 6) is 0. The van der Waals surface area contributed by atoms with Crippen molar-refractivity contribution >= 4 is 28.5 Å². The summed E-state index contributed by atoms with van der Waals surface area (Å²) in [7, 11) is 0. The molecular weight excluding hydrogens is 226 g/mol. The predicted molar refractivity (Wildman–Crippen MR) is 72.9 cm³/mol. The molecule has 0 atom stereocenters. The SMILES string of the molecule is Cc1ccccc1Nc1nc2cc(N)ccc2o1. The minimum Gasteiger partial charge on any atom is -0.423 e. The largest absolute Gasteiger partial charge is 0.423 e. The average Bonchev–Trinajstić information content (AvgIpc) is 2.73.